The zero-order valence-electron chi connectivity index (χ0n) is 13.6. The van der Waals surface area contributed by atoms with Gasteiger partial charge in [-0.15, -0.1) is 0 Å². The molecule has 2 heterocycles. The molecule has 138 valence electrons. The molecule has 0 bridgehead atoms. The van der Waals surface area contributed by atoms with E-state index < -0.39 is 28.9 Å². The van der Waals surface area contributed by atoms with Crippen LogP contribution in [0.5, 0.6) is 11.6 Å². The van der Waals surface area contributed by atoms with Gasteiger partial charge in [0.15, 0.2) is 0 Å². The summed E-state index contributed by atoms with van der Waals surface area (Å²) < 4.78 is 43.7. The number of hydrogen-bond donors (Lipinski definition) is 2. The lowest BCUT2D eigenvalue weighted by atomic mass is 10.2. The first-order chi connectivity index (χ1) is 12.8. The number of amides is 1. The van der Waals surface area contributed by atoms with Crippen molar-refractivity contribution in [2.45, 2.75) is 6.18 Å². The molecule has 0 spiro atoms. The molecule has 9 heteroatoms. The second-order valence-corrected chi connectivity index (χ2v) is 5.38. The van der Waals surface area contributed by atoms with Gasteiger partial charge in [0, 0.05) is 18.5 Å². The van der Waals surface area contributed by atoms with Crippen LogP contribution in [0.4, 0.5) is 18.9 Å². The van der Waals surface area contributed by atoms with E-state index in [0.717, 1.165) is 0 Å². The molecule has 0 fully saturated rings. The van der Waals surface area contributed by atoms with Gasteiger partial charge >= 0.3 is 6.18 Å². The number of carbonyl (C=O) groups excluding carboxylic acids is 1. The highest BCUT2D eigenvalue weighted by molar-refractivity contribution is 6.04. The van der Waals surface area contributed by atoms with Crippen LogP contribution < -0.4 is 15.6 Å². The molecule has 1 aromatic carbocycles. The lowest BCUT2D eigenvalue weighted by Crippen LogP contribution is -2.21. The average molecular weight is 375 g/mol. The molecular weight excluding hydrogens is 363 g/mol. The van der Waals surface area contributed by atoms with E-state index in [9.17, 15) is 22.8 Å². The van der Waals surface area contributed by atoms with Crippen LogP contribution in [0, 0.1) is 0 Å². The van der Waals surface area contributed by atoms with E-state index in [-0.39, 0.29) is 11.4 Å². The fourth-order valence-electron chi connectivity index (χ4n) is 2.12. The highest BCUT2D eigenvalue weighted by Gasteiger charge is 2.31. The summed E-state index contributed by atoms with van der Waals surface area (Å²) >= 11 is 0. The zero-order valence-corrected chi connectivity index (χ0v) is 13.6. The van der Waals surface area contributed by atoms with Crippen LogP contribution in [0.2, 0.25) is 0 Å². The van der Waals surface area contributed by atoms with Crippen molar-refractivity contribution in [2.75, 3.05) is 5.32 Å². The molecule has 0 aliphatic heterocycles. The standard InChI is InChI=1S/C18H12F3N3O3/c19-18(20,21)12-8-14(17(26)23-10-12)24-16(25)11-6-7-15(22-9-11)27-13-4-2-1-3-5-13/h1-10H,(H,23,26)(H,24,25). The van der Waals surface area contributed by atoms with Crippen molar-refractivity contribution in [3.05, 3.63) is 82.4 Å². The molecule has 3 rings (SSSR count). The van der Waals surface area contributed by atoms with Crippen LogP contribution in [0.15, 0.2) is 65.7 Å². The number of para-hydroxylation sites is 1. The minimum absolute atomic E-state index is 0.0484. The lowest BCUT2D eigenvalue weighted by molar-refractivity contribution is -0.137. The van der Waals surface area contributed by atoms with Crippen molar-refractivity contribution >= 4 is 11.6 Å². The number of hydrogen-bond acceptors (Lipinski definition) is 4. The highest BCUT2D eigenvalue weighted by atomic mass is 19.4. The Morgan fingerprint density at radius 3 is 2.48 bits per heavy atom. The van der Waals surface area contributed by atoms with Crippen molar-refractivity contribution in [1.29, 1.82) is 0 Å². The number of carbonyl (C=O) groups is 1. The van der Waals surface area contributed by atoms with Gasteiger partial charge in [0.05, 0.1) is 11.1 Å². The van der Waals surface area contributed by atoms with Crippen LogP contribution >= 0.6 is 0 Å². The lowest BCUT2D eigenvalue weighted by Gasteiger charge is -2.09. The number of ether oxygens (including phenoxy) is 1. The van der Waals surface area contributed by atoms with Gasteiger partial charge in [-0.25, -0.2) is 4.98 Å². The van der Waals surface area contributed by atoms with E-state index in [4.69, 9.17) is 4.74 Å². The molecule has 0 aliphatic rings. The third-order valence-electron chi connectivity index (χ3n) is 3.44. The van der Waals surface area contributed by atoms with E-state index >= 15 is 0 Å². The van der Waals surface area contributed by atoms with E-state index in [2.05, 4.69) is 10.3 Å². The summed E-state index contributed by atoms with van der Waals surface area (Å²) in [6.45, 7) is 0. The molecule has 27 heavy (non-hydrogen) atoms. The van der Waals surface area contributed by atoms with Crippen LogP contribution in [0.3, 0.4) is 0 Å². The second-order valence-electron chi connectivity index (χ2n) is 5.38. The van der Waals surface area contributed by atoms with Gasteiger partial charge in [0.25, 0.3) is 11.5 Å². The summed E-state index contributed by atoms with van der Waals surface area (Å²) in [5.74, 6) is 0.00551. The summed E-state index contributed by atoms with van der Waals surface area (Å²) in [7, 11) is 0. The van der Waals surface area contributed by atoms with Gasteiger partial charge in [-0.05, 0) is 24.3 Å². The number of nitrogens with zero attached hydrogens (tertiary/aromatic N) is 1. The Hall–Kier alpha value is -3.62. The maximum Gasteiger partial charge on any atom is 0.417 e. The maximum absolute atomic E-state index is 12.7. The number of rotatable bonds is 4. The molecule has 0 atom stereocenters. The number of benzene rings is 1. The molecule has 0 unspecified atom stereocenters. The average Bonchev–Trinajstić information content (AvgIpc) is 2.64. The Morgan fingerprint density at radius 2 is 1.85 bits per heavy atom. The Kier molecular flexibility index (Phi) is 4.93. The Morgan fingerprint density at radius 1 is 1.11 bits per heavy atom. The van der Waals surface area contributed by atoms with Crippen LogP contribution in [0.25, 0.3) is 0 Å². The van der Waals surface area contributed by atoms with Crippen molar-refractivity contribution in [1.82, 2.24) is 9.97 Å². The molecular formula is C18H12F3N3O3. The van der Waals surface area contributed by atoms with E-state index in [1.807, 2.05) is 11.1 Å². The van der Waals surface area contributed by atoms with Crippen LogP contribution in [-0.4, -0.2) is 15.9 Å². The summed E-state index contributed by atoms with van der Waals surface area (Å²) in [5, 5.41) is 2.14. The number of H-pyrrole nitrogens is 1. The summed E-state index contributed by atoms with van der Waals surface area (Å²) in [6, 6.07) is 12.2. The SMILES string of the molecule is O=C(Nc1cc(C(F)(F)F)c[nH]c1=O)c1ccc(Oc2ccccc2)nc1. The third kappa shape index (κ3) is 4.51. The van der Waals surface area contributed by atoms with Crippen molar-refractivity contribution < 1.29 is 22.7 Å². The molecule has 0 saturated heterocycles. The molecule has 2 aromatic heterocycles. The Labute approximate surface area is 150 Å². The van der Waals surface area contributed by atoms with Crippen molar-refractivity contribution in [3.63, 3.8) is 0 Å². The molecule has 1 amide bonds. The summed E-state index contributed by atoms with van der Waals surface area (Å²) in [6.07, 6.45) is -2.92. The van der Waals surface area contributed by atoms with Gasteiger partial charge in [-0.3, -0.25) is 9.59 Å². The van der Waals surface area contributed by atoms with E-state index in [0.29, 0.717) is 18.0 Å². The number of halogens is 3. The van der Waals surface area contributed by atoms with Crippen LogP contribution in [-0.2, 0) is 6.18 Å². The first kappa shape index (κ1) is 18.2. The minimum atomic E-state index is -4.65. The van der Waals surface area contributed by atoms with E-state index in [1.54, 1.807) is 24.3 Å². The van der Waals surface area contributed by atoms with Gasteiger partial charge in [0.2, 0.25) is 5.88 Å². The minimum Gasteiger partial charge on any atom is -0.439 e. The fraction of sp³-hybridized carbons (Fsp3) is 0.0556. The fourth-order valence-corrected chi connectivity index (χ4v) is 2.12. The predicted octanol–water partition coefficient (Wildman–Crippen LogP) is 3.83. The monoisotopic (exact) mass is 375 g/mol. The maximum atomic E-state index is 12.7. The number of anilines is 1. The van der Waals surface area contributed by atoms with Crippen molar-refractivity contribution in [3.8, 4) is 11.6 Å². The quantitative estimate of drug-likeness (QED) is 0.726. The van der Waals surface area contributed by atoms with Gasteiger partial charge in [-0.2, -0.15) is 13.2 Å². The molecule has 3 aromatic rings. The van der Waals surface area contributed by atoms with Gasteiger partial charge in [0.1, 0.15) is 11.4 Å². The predicted molar refractivity (Wildman–Crippen MR) is 90.8 cm³/mol. The van der Waals surface area contributed by atoms with Crippen molar-refractivity contribution in [2.24, 2.45) is 0 Å². The summed E-state index contributed by atoms with van der Waals surface area (Å²) in [4.78, 5) is 29.7. The number of pyridine rings is 2. The first-order valence-electron chi connectivity index (χ1n) is 7.63. The molecule has 0 radical (unpaired) electrons. The number of aromatic nitrogens is 2. The Balaban J connectivity index is 1.74. The normalized spacial score (nSPS) is 11.1. The smallest absolute Gasteiger partial charge is 0.417 e. The molecule has 0 aliphatic carbocycles. The molecule has 6 nitrogen and oxygen atoms in total. The number of nitrogens with one attached hydrogen (secondary N) is 2. The zero-order chi connectivity index (χ0) is 19.4. The highest BCUT2D eigenvalue weighted by Crippen LogP contribution is 2.29. The summed E-state index contributed by atoms with van der Waals surface area (Å²) in [5.41, 5.74) is -2.40. The Bertz CT molecular complexity index is 1000. The number of aromatic amines is 1. The second kappa shape index (κ2) is 7.32. The molecule has 0 saturated carbocycles. The van der Waals surface area contributed by atoms with E-state index in [1.165, 1.54) is 18.3 Å². The van der Waals surface area contributed by atoms with Gasteiger partial charge < -0.3 is 15.0 Å². The largest absolute Gasteiger partial charge is 0.439 e. The first-order valence-corrected chi connectivity index (χ1v) is 7.63. The third-order valence-corrected chi connectivity index (χ3v) is 3.44. The van der Waals surface area contributed by atoms with Gasteiger partial charge in [-0.1, -0.05) is 18.2 Å². The number of alkyl halides is 3. The van der Waals surface area contributed by atoms with Crippen LogP contribution in [0.1, 0.15) is 15.9 Å². The topological polar surface area (TPSA) is 84.1 Å². The molecule has 2 N–H and O–H groups in total.